The van der Waals surface area contributed by atoms with Crippen molar-refractivity contribution in [3.63, 3.8) is 0 Å². The van der Waals surface area contributed by atoms with Gasteiger partial charge in [0.2, 0.25) is 0 Å². The van der Waals surface area contributed by atoms with Crippen LogP contribution in [0.25, 0.3) is 5.57 Å². The van der Waals surface area contributed by atoms with Gasteiger partial charge in [0.15, 0.2) is 0 Å². The summed E-state index contributed by atoms with van der Waals surface area (Å²) in [7, 11) is 1.50. The topological polar surface area (TPSA) is 71.5 Å². The van der Waals surface area contributed by atoms with E-state index in [1.165, 1.54) is 25.3 Å². The van der Waals surface area contributed by atoms with Crippen LogP contribution in [0, 0.1) is 5.82 Å². The first-order chi connectivity index (χ1) is 14.6. The number of ether oxygens (including phenoxy) is 1. The smallest absolute Gasteiger partial charge is 0.278 e. The summed E-state index contributed by atoms with van der Waals surface area (Å²) < 4.78 is 19.1. The van der Waals surface area contributed by atoms with E-state index in [-0.39, 0.29) is 17.8 Å². The number of methoxy groups -OCH3 is 1. The highest BCUT2D eigenvalue weighted by Gasteiger charge is 2.40. The number of benzene rings is 2. The Morgan fingerprint density at radius 2 is 1.77 bits per heavy atom. The number of hydrogen-bond acceptors (Lipinski definition) is 5. The average molecular weight is 403 g/mol. The summed E-state index contributed by atoms with van der Waals surface area (Å²) in [5, 5.41) is 2.94. The number of hydrogen-bond donors (Lipinski definition) is 1. The van der Waals surface area contributed by atoms with Gasteiger partial charge in [0.05, 0.1) is 19.2 Å². The van der Waals surface area contributed by atoms with Gasteiger partial charge in [-0.05, 0) is 42.0 Å². The molecule has 1 N–H and O–H groups in total. The van der Waals surface area contributed by atoms with Crippen LogP contribution in [-0.2, 0) is 16.1 Å². The summed E-state index contributed by atoms with van der Waals surface area (Å²) in [6, 6.07) is 16.1. The van der Waals surface area contributed by atoms with Crippen LogP contribution in [-0.4, -0.2) is 28.8 Å². The number of amides is 2. The van der Waals surface area contributed by atoms with Gasteiger partial charge in [-0.15, -0.1) is 0 Å². The van der Waals surface area contributed by atoms with Gasteiger partial charge >= 0.3 is 0 Å². The monoisotopic (exact) mass is 403 g/mol. The van der Waals surface area contributed by atoms with Crippen molar-refractivity contribution in [2.45, 2.75) is 6.54 Å². The predicted molar refractivity (Wildman–Crippen MR) is 110 cm³/mol. The third-order valence-corrected chi connectivity index (χ3v) is 4.73. The normalized spacial score (nSPS) is 13.7. The van der Waals surface area contributed by atoms with E-state index in [0.717, 1.165) is 10.5 Å². The predicted octanol–water partition coefficient (Wildman–Crippen LogP) is 3.62. The Kier molecular flexibility index (Phi) is 5.26. The lowest BCUT2D eigenvalue weighted by atomic mass is 10.0. The third-order valence-electron chi connectivity index (χ3n) is 4.73. The highest BCUT2D eigenvalue weighted by molar-refractivity contribution is 6.36. The van der Waals surface area contributed by atoms with Crippen molar-refractivity contribution in [2.75, 3.05) is 12.4 Å². The van der Waals surface area contributed by atoms with Crippen LogP contribution in [0.15, 0.2) is 78.8 Å². The first-order valence-electron chi connectivity index (χ1n) is 9.24. The quantitative estimate of drug-likeness (QED) is 0.637. The van der Waals surface area contributed by atoms with E-state index in [4.69, 9.17) is 4.74 Å². The fraction of sp³-hybridized carbons (Fsp3) is 0.0870. The lowest BCUT2D eigenvalue weighted by Gasteiger charge is -2.15. The number of carbonyl (C=O) groups is 2. The van der Waals surface area contributed by atoms with Crippen LogP contribution in [0.4, 0.5) is 10.1 Å². The Hall–Kier alpha value is -4.00. The largest absolute Gasteiger partial charge is 0.496 e. The molecule has 2 amide bonds. The minimum atomic E-state index is -0.498. The molecule has 7 heteroatoms. The standard InChI is InChI=1S/C23H18FN3O3/c1-30-19-8-3-2-7-18(19)20-21(26-17-6-4-5-16(24)13-17)23(29)27(22(20)28)14-15-9-11-25-12-10-15/h2-13,26H,14H2,1H3. The summed E-state index contributed by atoms with van der Waals surface area (Å²) in [5.74, 6) is -0.954. The van der Waals surface area contributed by atoms with Crippen LogP contribution in [0.3, 0.4) is 0 Å². The number of nitrogens with one attached hydrogen (secondary N) is 1. The molecule has 4 rings (SSSR count). The van der Waals surface area contributed by atoms with E-state index in [1.54, 1.807) is 54.9 Å². The molecule has 0 aliphatic carbocycles. The molecule has 0 bridgehead atoms. The first-order valence-corrected chi connectivity index (χ1v) is 9.24. The Bertz CT molecular complexity index is 1150. The van der Waals surface area contributed by atoms with Gasteiger partial charge in [-0.2, -0.15) is 0 Å². The molecule has 1 aromatic heterocycles. The molecule has 30 heavy (non-hydrogen) atoms. The Morgan fingerprint density at radius 3 is 2.50 bits per heavy atom. The summed E-state index contributed by atoms with van der Waals surface area (Å²) in [6.07, 6.45) is 3.20. The maximum absolute atomic E-state index is 13.7. The van der Waals surface area contributed by atoms with Gasteiger partial charge in [0, 0.05) is 23.6 Å². The van der Waals surface area contributed by atoms with Crippen molar-refractivity contribution in [3.05, 3.63) is 95.7 Å². The van der Waals surface area contributed by atoms with Gasteiger partial charge in [0.25, 0.3) is 11.8 Å². The molecule has 0 saturated heterocycles. The zero-order valence-corrected chi connectivity index (χ0v) is 16.1. The highest BCUT2D eigenvalue weighted by Crippen LogP contribution is 2.35. The van der Waals surface area contributed by atoms with Gasteiger partial charge in [-0.3, -0.25) is 19.5 Å². The van der Waals surface area contributed by atoms with Crippen molar-refractivity contribution >= 4 is 23.1 Å². The van der Waals surface area contributed by atoms with Crippen molar-refractivity contribution in [3.8, 4) is 5.75 Å². The molecule has 2 heterocycles. The second kappa shape index (κ2) is 8.16. The summed E-state index contributed by atoms with van der Waals surface area (Å²) >= 11 is 0. The lowest BCUT2D eigenvalue weighted by Crippen LogP contribution is -2.32. The highest BCUT2D eigenvalue weighted by atomic mass is 19.1. The van der Waals surface area contributed by atoms with E-state index in [1.807, 2.05) is 0 Å². The Balaban J connectivity index is 1.79. The van der Waals surface area contributed by atoms with E-state index < -0.39 is 17.6 Å². The van der Waals surface area contributed by atoms with Crippen molar-refractivity contribution in [1.29, 1.82) is 0 Å². The molecule has 1 aliphatic heterocycles. The Morgan fingerprint density at radius 1 is 1.00 bits per heavy atom. The van der Waals surface area contributed by atoms with Gasteiger partial charge in [0.1, 0.15) is 17.3 Å². The van der Waals surface area contributed by atoms with Gasteiger partial charge in [-0.25, -0.2) is 4.39 Å². The van der Waals surface area contributed by atoms with Crippen LogP contribution in [0.2, 0.25) is 0 Å². The molecule has 0 radical (unpaired) electrons. The number of anilines is 1. The van der Waals surface area contributed by atoms with Crippen LogP contribution < -0.4 is 10.1 Å². The summed E-state index contributed by atoms with van der Waals surface area (Å²) in [5.41, 5.74) is 1.86. The Labute approximate surface area is 172 Å². The number of carbonyl (C=O) groups excluding carboxylic acids is 2. The zero-order chi connectivity index (χ0) is 21.1. The second-order valence-corrected chi connectivity index (χ2v) is 6.64. The number of rotatable bonds is 6. The lowest BCUT2D eigenvalue weighted by molar-refractivity contribution is -0.137. The second-order valence-electron chi connectivity index (χ2n) is 6.64. The van der Waals surface area contributed by atoms with E-state index in [0.29, 0.717) is 17.0 Å². The molecule has 2 aromatic carbocycles. The van der Waals surface area contributed by atoms with Crippen molar-refractivity contribution in [1.82, 2.24) is 9.88 Å². The molecule has 0 spiro atoms. The fourth-order valence-corrected chi connectivity index (χ4v) is 3.32. The molecule has 1 aliphatic rings. The summed E-state index contributed by atoms with van der Waals surface area (Å²) in [4.78, 5) is 31.7. The maximum Gasteiger partial charge on any atom is 0.278 e. The third kappa shape index (κ3) is 3.65. The molecule has 0 saturated carbocycles. The number of imide groups is 1. The van der Waals surface area contributed by atoms with Gasteiger partial charge < -0.3 is 10.1 Å². The molecule has 0 fully saturated rings. The van der Waals surface area contributed by atoms with E-state index in [2.05, 4.69) is 10.3 Å². The first kappa shape index (κ1) is 19.3. The van der Waals surface area contributed by atoms with Crippen molar-refractivity contribution in [2.24, 2.45) is 0 Å². The summed E-state index contributed by atoms with van der Waals surface area (Å²) in [6.45, 7) is 0.0904. The molecular weight excluding hydrogens is 385 g/mol. The van der Waals surface area contributed by atoms with Crippen LogP contribution >= 0.6 is 0 Å². The molecule has 3 aromatic rings. The minimum Gasteiger partial charge on any atom is -0.496 e. The number of halogens is 1. The van der Waals surface area contributed by atoms with E-state index in [9.17, 15) is 14.0 Å². The fourth-order valence-electron chi connectivity index (χ4n) is 3.32. The average Bonchev–Trinajstić information content (AvgIpc) is 2.98. The molecule has 0 unspecified atom stereocenters. The maximum atomic E-state index is 13.7. The van der Waals surface area contributed by atoms with Crippen LogP contribution in [0.1, 0.15) is 11.1 Å². The molecular formula is C23H18FN3O3. The van der Waals surface area contributed by atoms with E-state index >= 15 is 0 Å². The van der Waals surface area contributed by atoms with Crippen molar-refractivity contribution < 1.29 is 18.7 Å². The molecule has 6 nitrogen and oxygen atoms in total. The SMILES string of the molecule is COc1ccccc1C1=C(Nc2cccc(F)c2)C(=O)N(Cc2ccncc2)C1=O. The number of para-hydroxylation sites is 1. The number of aromatic nitrogens is 1. The molecule has 0 atom stereocenters. The number of nitrogens with zero attached hydrogens (tertiary/aromatic N) is 2. The zero-order valence-electron chi connectivity index (χ0n) is 16.1. The minimum absolute atomic E-state index is 0.0733. The molecule has 150 valence electrons. The van der Waals surface area contributed by atoms with Gasteiger partial charge in [-0.1, -0.05) is 24.3 Å². The number of pyridine rings is 1. The van der Waals surface area contributed by atoms with Crippen LogP contribution in [0.5, 0.6) is 5.75 Å².